The van der Waals surface area contributed by atoms with Crippen molar-refractivity contribution >= 4 is 28.5 Å². The van der Waals surface area contributed by atoms with Gasteiger partial charge in [0.15, 0.2) is 0 Å². The Bertz CT molecular complexity index is 1020. The number of nitrogens with one attached hydrogen (secondary N) is 1. The summed E-state index contributed by atoms with van der Waals surface area (Å²) in [5, 5.41) is 14.6. The first-order valence-corrected chi connectivity index (χ1v) is 9.93. The zero-order chi connectivity index (χ0) is 19.7. The summed E-state index contributed by atoms with van der Waals surface area (Å²) in [4.78, 5) is 21.5. The molecule has 6 nitrogen and oxygen atoms in total. The first-order valence-electron chi connectivity index (χ1n) is 9.55. The number of amides is 1. The van der Waals surface area contributed by atoms with Crippen LogP contribution in [0, 0.1) is 0 Å². The van der Waals surface area contributed by atoms with E-state index in [1.165, 1.54) is 0 Å². The Kier molecular flexibility index (Phi) is 5.33. The summed E-state index contributed by atoms with van der Waals surface area (Å²) in [5.41, 5.74) is 3.14. The van der Waals surface area contributed by atoms with Crippen LogP contribution < -0.4 is 5.32 Å². The molecule has 3 aromatic rings. The van der Waals surface area contributed by atoms with Crippen LogP contribution in [0.3, 0.4) is 0 Å². The molecule has 3 heterocycles. The average molecular weight is 399 g/mol. The van der Waals surface area contributed by atoms with Crippen molar-refractivity contribution in [3.63, 3.8) is 0 Å². The molecule has 0 aliphatic heterocycles. The first-order chi connectivity index (χ1) is 13.5. The lowest BCUT2D eigenvalue weighted by Gasteiger charge is -2.28. The molecule has 28 heavy (non-hydrogen) atoms. The van der Waals surface area contributed by atoms with Crippen molar-refractivity contribution < 1.29 is 9.90 Å². The third kappa shape index (κ3) is 3.88. The number of pyridine rings is 2. The zero-order valence-corrected chi connectivity index (χ0v) is 16.5. The molecular formula is C21H23ClN4O2. The predicted molar refractivity (Wildman–Crippen MR) is 108 cm³/mol. The maximum absolute atomic E-state index is 12.9. The Morgan fingerprint density at radius 2 is 2.14 bits per heavy atom. The number of hydrogen-bond acceptors (Lipinski definition) is 4. The van der Waals surface area contributed by atoms with Crippen molar-refractivity contribution in [3.8, 4) is 0 Å². The van der Waals surface area contributed by atoms with Crippen LogP contribution >= 0.6 is 11.6 Å². The van der Waals surface area contributed by atoms with Gasteiger partial charge in [0.1, 0.15) is 16.5 Å². The Hall–Kier alpha value is -2.44. The SMILES string of the molecule is Cn1ccc2c(Cc3ccnc(Cl)c3)cc(C(=O)N[C@H]3CCCC[C@@H]3O)nc21. The number of rotatable bonds is 4. The molecule has 146 valence electrons. The van der Waals surface area contributed by atoms with E-state index in [4.69, 9.17) is 11.6 Å². The highest BCUT2D eigenvalue weighted by atomic mass is 35.5. The normalized spacial score (nSPS) is 19.7. The minimum Gasteiger partial charge on any atom is -0.391 e. The van der Waals surface area contributed by atoms with E-state index in [9.17, 15) is 9.90 Å². The number of halogens is 1. The van der Waals surface area contributed by atoms with E-state index in [0.29, 0.717) is 17.3 Å². The summed E-state index contributed by atoms with van der Waals surface area (Å²) in [6.07, 6.45) is 7.28. The van der Waals surface area contributed by atoms with Crippen molar-refractivity contribution in [2.75, 3.05) is 0 Å². The lowest BCUT2D eigenvalue weighted by Crippen LogP contribution is -2.45. The zero-order valence-electron chi connectivity index (χ0n) is 15.7. The van der Waals surface area contributed by atoms with Crippen LogP contribution in [0.2, 0.25) is 5.15 Å². The van der Waals surface area contributed by atoms with Gasteiger partial charge in [-0.15, -0.1) is 0 Å². The summed E-state index contributed by atoms with van der Waals surface area (Å²) in [6, 6.07) is 7.37. The van der Waals surface area contributed by atoms with Gasteiger partial charge in [-0.1, -0.05) is 24.4 Å². The maximum atomic E-state index is 12.9. The van der Waals surface area contributed by atoms with Crippen LogP contribution in [-0.2, 0) is 13.5 Å². The van der Waals surface area contributed by atoms with E-state index in [0.717, 1.165) is 47.8 Å². The second-order valence-electron chi connectivity index (χ2n) is 7.43. The molecule has 1 fully saturated rings. The maximum Gasteiger partial charge on any atom is 0.270 e. The molecular weight excluding hydrogens is 376 g/mol. The van der Waals surface area contributed by atoms with Crippen LogP contribution in [0.1, 0.15) is 47.3 Å². The Morgan fingerprint density at radius 1 is 1.32 bits per heavy atom. The van der Waals surface area contributed by atoms with Gasteiger partial charge >= 0.3 is 0 Å². The van der Waals surface area contributed by atoms with Crippen LogP contribution in [0.15, 0.2) is 36.7 Å². The van der Waals surface area contributed by atoms with Crippen molar-refractivity contribution in [1.29, 1.82) is 0 Å². The number of aliphatic hydroxyl groups excluding tert-OH is 1. The minimum atomic E-state index is -0.491. The summed E-state index contributed by atoms with van der Waals surface area (Å²) < 4.78 is 1.91. The van der Waals surface area contributed by atoms with E-state index < -0.39 is 6.10 Å². The van der Waals surface area contributed by atoms with Crippen molar-refractivity contribution in [1.82, 2.24) is 19.9 Å². The smallest absolute Gasteiger partial charge is 0.270 e. The number of fused-ring (bicyclic) bond motifs is 1. The van der Waals surface area contributed by atoms with Crippen LogP contribution in [0.4, 0.5) is 0 Å². The molecule has 0 aromatic carbocycles. The number of nitrogens with zero attached hydrogens (tertiary/aromatic N) is 3. The molecule has 4 rings (SSSR count). The molecule has 0 bridgehead atoms. The lowest BCUT2D eigenvalue weighted by molar-refractivity contribution is 0.0714. The highest BCUT2D eigenvalue weighted by Gasteiger charge is 2.25. The largest absolute Gasteiger partial charge is 0.391 e. The molecule has 1 aliphatic carbocycles. The summed E-state index contributed by atoms with van der Waals surface area (Å²) in [5.74, 6) is -0.247. The summed E-state index contributed by atoms with van der Waals surface area (Å²) in [6.45, 7) is 0. The molecule has 2 N–H and O–H groups in total. The predicted octanol–water partition coefficient (Wildman–Crippen LogP) is 3.25. The molecule has 2 atom stereocenters. The highest BCUT2D eigenvalue weighted by molar-refractivity contribution is 6.29. The Balaban J connectivity index is 1.67. The highest BCUT2D eigenvalue weighted by Crippen LogP contribution is 2.24. The van der Waals surface area contributed by atoms with Gasteiger partial charge in [0.2, 0.25) is 0 Å². The second kappa shape index (κ2) is 7.89. The Morgan fingerprint density at radius 3 is 2.93 bits per heavy atom. The fraction of sp³-hybridized carbons (Fsp3) is 0.381. The van der Waals surface area contributed by atoms with Gasteiger partial charge in [-0.05, 0) is 54.7 Å². The van der Waals surface area contributed by atoms with E-state index in [1.54, 1.807) is 6.20 Å². The van der Waals surface area contributed by atoms with Gasteiger partial charge < -0.3 is 15.0 Å². The molecule has 3 aromatic heterocycles. The quantitative estimate of drug-likeness (QED) is 0.661. The second-order valence-corrected chi connectivity index (χ2v) is 7.81. The van der Waals surface area contributed by atoms with Gasteiger partial charge in [-0.3, -0.25) is 4.79 Å². The fourth-order valence-electron chi connectivity index (χ4n) is 3.86. The first kappa shape index (κ1) is 18.9. The van der Waals surface area contributed by atoms with E-state index in [1.807, 2.05) is 42.1 Å². The molecule has 1 amide bonds. The fourth-order valence-corrected chi connectivity index (χ4v) is 4.05. The average Bonchev–Trinajstić information content (AvgIpc) is 3.05. The lowest BCUT2D eigenvalue weighted by atomic mass is 9.92. The van der Waals surface area contributed by atoms with Crippen molar-refractivity contribution in [2.45, 2.75) is 44.2 Å². The van der Waals surface area contributed by atoms with Crippen molar-refractivity contribution in [3.05, 3.63) is 58.6 Å². The van der Waals surface area contributed by atoms with Crippen LogP contribution in [0.25, 0.3) is 11.0 Å². The molecule has 1 saturated carbocycles. The number of hydrogen-bond donors (Lipinski definition) is 2. The van der Waals surface area contributed by atoms with Crippen molar-refractivity contribution in [2.24, 2.45) is 7.05 Å². The standard InChI is InChI=1S/C21H23ClN4O2/c1-26-9-7-15-14(10-13-6-8-23-19(22)11-13)12-17(24-20(15)26)21(28)25-16-4-2-3-5-18(16)27/h6-9,11-12,16,18,27H,2-5,10H2,1H3,(H,25,28)/t16-,18-/m0/s1. The summed E-state index contributed by atoms with van der Waals surface area (Å²) in [7, 11) is 1.91. The molecule has 7 heteroatoms. The topological polar surface area (TPSA) is 80.0 Å². The van der Waals surface area contributed by atoms with Gasteiger partial charge in [-0.2, -0.15) is 0 Å². The Labute approximate surface area is 168 Å². The number of carbonyl (C=O) groups excluding carboxylic acids is 1. The van der Waals surface area contributed by atoms with Crippen LogP contribution in [0.5, 0.6) is 0 Å². The number of aryl methyl sites for hydroxylation is 1. The third-order valence-electron chi connectivity index (χ3n) is 5.39. The van der Waals surface area contributed by atoms with Gasteiger partial charge in [0, 0.05) is 24.8 Å². The van der Waals surface area contributed by atoms with Crippen LogP contribution in [-0.4, -0.2) is 37.7 Å². The molecule has 1 aliphatic rings. The number of aromatic nitrogens is 3. The number of aliphatic hydroxyl groups is 1. The molecule has 0 spiro atoms. The van der Waals surface area contributed by atoms with E-state index in [-0.39, 0.29) is 11.9 Å². The van der Waals surface area contributed by atoms with Gasteiger partial charge in [-0.25, -0.2) is 9.97 Å². The van der Waals surface area contributed by atoms with Gasteiger partial charge in [0.25, 0.3) is 5.91 Å². The molecule has 0 unspecified atom stereocenters. The van der Waals surface area contributed by atoms with E-state index in [2.05, 4.69) is 15.3 Å². The number of carbonyl (C=O) groups is 1. The molecule has 0 saturated heterocycles. The third-order valence-corrected chi connectivity index (χ3v) is 5.59. The monoisotopic (exact) mass is 398 g/mol. The van der Waals surface area contributed by atoms with Gasteiger partial charge in [0.05, 0.1) is 12.1 Å². The minimum absolute atomic E-state index is 0.213. The molecule has 0 radical (unpaired) electrons. The van der Waals surface area contributed by atoms with E-state index >= 15 is 0 Å². The summed E-state index contributed by atoms with van der Waals surface area (Å²) >= 11 is 6.02.